The molecule has 1 unspecified atom stereocenters. The van der Waals surface area contributed by atoms with Crippen LogP contribution in [0.1, 0.15) is 5.56 Å². The zero-order valence-corrected chi connectivity index (χ0v) is 13.8. The third-order valence-electron chi connectivity index (χ3n) is 4.67. The van der Waals surface area contributed by atoms with Crippen LogP contribution in [0.5, 0.6) is 0 Å². The summed E-state index contributed by atoms with van der Waals surface area (Å²) in [5.41, 5.74) is 1.02. The molecule has 1 aromatic heterocycles. The van der Waals surface area contributed by atoms with E-state index in [0.29, 0.717) is 19.5 Å². The van der Waals surface area contributed by atoms with Crippen LogP contribution in [0, 0.1) is 0 Å². The molecule has 0 spiro atoms. The number of nitrogens with one attached hydrogen (secondary N) is 1. The Hall–Kier alpha value is -2.41. The number of carbonyl (C=O) groups excluding carboxylic acids is 3. The quantitative estimate of drug-likeness (QED) is 0.869. The Bertz CT molecular complexity index is 831. The normalized spacial score (nSPS) is 20.9. The van der Waals surface area contributed by atoms with E-state index in [9.17, 15) is 14.4 Å². The standard InChI is InChI=1S/C17H17N3O3S/c21-15(7-11-10-24-14-4-2-1-3-12(11)14)19-5-6-20-13(9-19)17(23)18-8-16(20)22/h1-4,10,13H,5-9H2,(H,18,23). The number of thiophene rings is 1. The van der Waals surface area contributed by atoms with Crippen molar-refractivity contribution in [1.82, 2.24) is 15.1 Å². The van der Waals surface area contributed by atoms with Gasteiger partial charge in [-0.2, -0.15) is 0 Å². The number of amides is 3. The van der Waals surface area contributed by atoms with Gasteiger partial charge >= 0.3 is 0 Å². The molecule has 7 heteroatoms. The molecule has 2 aliphatic heterocycles. The van der Waals surface area contributed by atoms with Crippen molar-refractivity contribution < 1.29 is 14.4 Å². The summed E-state index contributed by atoms with van der Waals surface area (Å²) in [5.74, 6) is -0.243. The summed E-state index contributed by atoms with van der Waals surface area (Å²) in [6.45, 7) is 1.24. The number of benzene rings is 1. The van der Waals surface area contributed by atoms with Crippen molar-refractivity contribution in [3.8, 4) is 0 Å². The predicted octanol–water partition coefficient (Wildman–Crippen LogP) is 0.613. The molecule has 2 saturated heterocycles. The summed E-state index contributed by atoms with van der Waals surface area (Å²) in [4.78, 5) is 39.8. The Morgan fingerprint density at radius 2 is 2.08 bits per heavy atom. The van der Waals surface area contributed by atoms with Crippen molar-refractivity contribution in [2.75, 3.05) is 26.2 Å². The van der Waals surface area contributed by atoms with Gasteiger partial charge in [0.1, 0.15) is 6.04 Å². The minimum Gasteiger partial charge on any atom is -0.345 e. The Balaban J connectivity index is 1.49. The molecule has 4 rings (SSSR count). The molecule has 24 heavy (non-hydrogen) atoms. The third kappa shape index (κ3) is 2.54. The lowest BCUT2D eigenvalue weighted by Crippen LogP contribution is -2.66. The fraction of sp³-hybridized carbons (Fsp3) is 0.353. The van der Waals surface area contributed by atoms with Gasteiger partial charge in [0, 0.05) is 17.8 Å². The molecular formula is C17H17N3O3S. The average molecular weight is 343 g/mol. The fourth-order valence-electron chi connectivity index (χ4n) is 3.36. The number of rotatable bonds is 2. The maximum absolute atomic E-state index is 12.7. The highest BCUT2D eigenvalue weighted by Gasteiger charge is 2.39. The Labute approximate surface area is 143 Å². The topological polar surface area (TPSA) is 69.7 Å². The molecule has 0 bridgehead atoms. The van der Waals surface area contributed by atoms with E-state index < -0.39 is 6.04 Å². The lowest BCUT2D eigenvalue weighted by atomic mass is 10.1. The van der Waals surface area contributed by atoms with Crippen molar-refractivity contribution in [3.63, 3.8) is 0 Å². The van der Waals surface area contributed by atoms with Gasteiger partial charge in [0.05, 0.1) is 19.5 Å². The van der Waals surface area contributed by atoms with Crippen LogP contribution in [-0.4, -0.2) is 59.7 Å². The lowest BCUT2D eigenvalue weighted by molar-refractivity contribution is -0.152. The summed E-state index contributed by atoms with van der Waals surface area (Å²) >= 11 is 1.63. The summed E-state index contributed by atoms with van der Waals surface area (Å²) in [7, 11) is 0. The van der Waals surface area contributed by atoms with Crippen LogP contribution in [0.15, 0.2) is 29.6 Å². The zero-order valence-electron chi connectivity index (χ0n) is 13.0. The molecule has 0 radical (unpaired) electrons. The molecular weight excluding hydrogens is 326 g/mol. The van der Waals surface area contributed by atoms with Crippen LogP contribution in [-0.2, 0) is 20.8 Å². The number of fused-ring (bicyclic) bond motifs is 2. The number of piperazine rings is 2. The molecule has 1 N–H and O–H groups in total. The summed E-state index contributed by atoms with van der Waals surface area (Å²) < 4.78 is 1.17. The highest BCUT2D eigenvalue weighted by Crippen LogP contribution is 2.26. The highest BCUT2D eigenvalue weighted by molar-refractivity contribution is 7.17. The van der Waals surface area contributed by atoms with E-state index in [-0.39, 0.29) is 30.8 Å². The molecule has 2 aliphatic rings. The smallest absolute Gasteiger partial charge is 0.245 e. The Morgan fingerprint density at radius 1 is 1.25 bits per heavy atom. The van der Waals surface area contributed by atoms with E-state index in [2.05, 4.69) is 5.32 Å². The molecule has 0 aliphatic carbocycles. The maximum Gasteiger partial charge on any atom is 0.245 e. The number of carbonyl (C=O) groups is 3. The largest absolute Gasteiger partial charge is 0.345 e. The van der Waals surface area contributed by atoms with Gasteiger partial charge in [-0.3, -0.25) is 14.4 Å². The molecule has 6 nitrogen and oxygen atoms in total. The number of hydrogen-bond acceptors (Lipinski definition) is 4. The maximum atomic E-state index is 12.7. The van der Waals surface area contributed by atoms with Gasteiger partial charge in [0.15, 0.2) is 0 Å². The molecule has 2 fully saturated rings. The van der Waals surface area contributed by atoms with Crippen LogP contribution in [0.25, 0.3) is 10.1 Å². The van der Waals surface area contributed by atoms with Crippen molar-refractivity contribution in [2.45, 2.75) is 12.5 Å². The number of nitrogens with zero attached hydrogens (tertiary/aromatic N) is 2. The van der Waals surface area contributed by atoms with Crippen LogP contribution in [0.4, 0.5) is 0 Å². The van der Waals surface area contributed by atoms with Crippen LogP contribution >= 0.6 is 11.3 Å². The fourth-order valence-corrected chi connectivity index (χ4v) is 4.32. The van der Waals surface area contributed by atoms with Crippen molar-refractivity contribution in [2.24, 2.45) is 0 Å². The summed E-state index contributed by atoms with van der Waals surface area (Å²) in [6.07, 6.45) is 0.326. The van der Waals surface area contributed by atoms with Gasteiger partial charge in [-0.25, -0.2) is 0 Å². The zero-order chi connectivity index (χ0) is 16.7. The first kappa shape index (κ1) is 15.1. The first-order chi connectivity index (χ1) is 11.6. The van der Waals surface area contributed by atoms with E-state index >= 15 is 0 Å². The predicted molar refractivity (Wildman–Crippen MR) is 90.6 cm³/mol. The van der Waals surface area contributed by atoms with Gasteiger partial charge in [0.25, 0.3) is 0 Å². The average Bonchev–Trinajstić information content (AvgIpc) is 3.01. The molecule has 1 aromatic carbocycles. The van der Waals surface area contributed by atoms with Gasteiger partial charge in [-0.15, -0.1) is 11.3 Å². The van der Waals surface area contributed by atoms with E-state index in [4.69, 9.17) is 0 Å². The van der Waals surface area contributed by atoms with Crippen molar-refractivity contribution >= 4 is 39.1 Å². The van der Waals surface area contributed by atoms with Gasteiger partial charge in [0.2, 0.25) is 17.7 Å². The SMILES string of the molecule is O=C1NCC(=O)N2CCN(C(=O)Cc3csc4ccccc34)CC12. The van der Waals surface area contributed by atoms with Crippen molar-refractivity contribution in [3.05, 3.63) is 35.2 Å². The van der Waals surface area contributed by atoms with Crippen LogP contribution < -0.4 is 5.32 Å². The molecule has 2 aromatic rings. The van der Waals surface area contributed by atoms with Gasteiger partial charge < -0.3 is 15.1 Å². The second-order valence-electron chi connectivity index (χ2n) is 6.09. The summed E-state index contributed by atoms with van der Waals surface area (Å²) in [6, 6.07) is 7.48. The van der Waals surface area contributed by atoms with Crippen molar-refractivity contribution in [1.29, 1.82) is 0 Å². The van der Waals surface area contributed by atoms with Gasteiger partial charge in [-0.05, 0) is 22.4 Å². The molecule has 3 heterocycles. The minimum absolute atomic E-state index is 0.00373. The molecule has 0 saturated carbocycles. The second-order valence-corrected chi connectivity index (χ2v) is 7.01. The Morgan fingerprint density at radius 3 is 2.96 bits per heavy atom. The first-order valence-corrected chi connectivity index (χ1v) is 8.81. The number of hydrogen-bond donors (Lipinski definition) is 1. The second kappa shape index (κ2) is 5.90. The van der Waals surface area contributed by atoms with E-state index in [1.807, 2.05) is 29.6 Å². The highest BCUT2D eigenvalue weighted by atomic mass is 32.1. The minimum atomic E-state index is -0.553. The van der Waals surface area contributed by atoms with Crippen LogP contribution in [0.3, 0.4) is 0 Å². The van der Waals surface area contributed by atoms with E-state index in [1.54, 1.807) is 21.1 Å². The molecule has 3 amide bonds. The van der Waals surface area contributed by atoms with Gasteiger partial charge in [-0.1, -0.05) is 18.2 Å². The monoisotopic (exact) mass is 343 g/mol. The molecule has 1 atom stereocenters. The summed E-state index contributed by atoms with van der Waals surface area (Å²) in [5, 5.41) is 5.73. The Kier molecular flexibility index (Phi) is 3.72. The first-order valence-electron chi connectivity index (χ1n) is 7.93. The molecule has 124 valence electrons. The third-order valence-corrected chi connectivity index (χ3v) is 5.69. The van der Waals surface area contributed by atoms with Crippen LogP contribution in [0.2, 0.25) is 0 Å². The lowest BCUT2D eigenvalue weighted by Gasteiger charge is -2.42. The van der Waals surface area contributed by atoms with E-state index in [1.165, 1.54) is 4.70 Å². The van der Waals surface area contributed by atoms with E-state index in [0.717, 1.165) is 10.9 Å².